The number of phenols is 1. The van der Waals surface area contributed by atoms with Crippen LogP contribution < -0.4 is 15.6 Å². The summed E-state index contributed by atoms with van der Waals surface area (Å²) < 4.78 is 11.8. The number of piperidine rings is 1. The van der Waals surface area contributed by atoms with Gasteiger partial charge in [-0.15, -0.1) is 0 Å². The normalized spacial score (nSPS) is 16.1. The molecule has 1 aromatic heterocycles. The highest BCUT2D eigenvalue weighted by Crippen LogP contribution is 2.34. The fourth-order valence-electron chi connectivity index (χ4n) is 8.70. The zero-order valence-electron chi connectivity index (χ0n) is 36.7. The van der Waals surface area contributed by atoms with E-state index >= 15 is 0 Å². The van der Waals surface area contributed by atoms with E-state index in [4.69, 9.17) is 9.47 Å². The molecule has 8 rings (SSSR count). The Balaban J connectivity index is 0.796. The Morgan fingerprint density at radius 3 is 2.17 bits per heavy atom. The van der Waals surface area contributed by atoms with Gasteiger partial charge in [-0.1, -0.05) is 91.0 Å². The topological polar surface area (TPSA) is 185 Å². The molecule has 0 spiro atoms. The highest BCUT2D eigenvalue weighted by atomic mass is 16.5. The number of benzene rings is 5. The van der Waals surface area contributed by atoms with Crippen molar-refractivity contribution in [1.82, 2.24) is 25.0 Å². The summed E-state index contributed by atoms with van der Waals surface area (Å²) in [6.45, 7) is 4.60. The Kier molecular flexibility index (Phi) is 14.5. The second-order valence-corrected chi connectivity index (χ2v) is 17.0. The first-order valence-corrected chi connectivity index (χ1v) is 22.4. The number of aromatic nitrogens is 1. The number of ether oxygens (including phenoxy) is 2. The molecule has 0 aliphatic carbocycles. The molecule has 2 atom stereocenters. The van der Waals surface area contributed by atoms with Gasteiger partial charge in [0.15, 0.2) is 6.61 Å². The zero-order chi connectivity index (χ0) is 46.0. The van der Waals surface area contributed by atoms with Crippen LogP contribution in [0.3, 0.4) is 0 Å². The van der Waals surface area contributed by atoms with Crippen molar-refractivity contribution in [2.45, 2.75) is 37.6 Å². The van der Waals surface area contributed by atoms with E-state index in [0.717, 1.165) is 38.0 Å². The van der Waals surface area contributed by atoms with Gasteiger partial charge in [0, 0.05) is 68.4 Å². The summed E-state index contributed by atoms with van der Waals surface area (Å²) in [7, 11) is 0. The number of nitrogens with zero attached hydrogens (tertiary/aromatic N) is 3. The Morgan fingerprint density at radius 2 is 1.44 bits per heavy atom. The van der Waals surface area contributed by atoms with E-state index in [0.29, 0.717) is 60.5 Å². The molecule has 2 aliphatic heterocycles. The molecule has 14 heteroatoms. The van der Waals surface area contributed by atoms with Gasteiger partial charge in [0.2, 0.25) is 11.2 Å². The van der Waals surface area contributed by atoms with Gasteiger partial charge >= 0.3 is 5.97 Å². The number of fused-ring (bicyclic) bond motifs is 1. The number of nitrogens with one attached hydrogen (secondary N) is 2. The fraction of sp³-hybridized carbons (Fsp3) is 0.308. The lowest BCUT2D eigenvalue weighted by Gasteiger charge is -2.34. The molecule has 5 aromatic carbocycles. The van der Waals surface area contributed by atoms with Crippen molar-refractivity contribution < 1.29 is 39.2 Å². The Hall–Kier alpha value is -6.84. The van der Waals surface area contributed by atoms with Crippen molar-refractivity contribution in [3.05, 3.63) is 177 Å². The van der Waals surface area contributed by atoms with Crippen LogP contribution in [-0.4, -0.2) is 112 Å². The maximum atomic E-state index is 13.9. The number of carbonyl (C=O) groups is 3. The van der Waals surface area contributed by atoms with Gasteiger partial charge in [0.05, 0.1) is 18.2 Å². The average Bonchev–Trinajstić information content (AvgIpc) is 3.36. The molecule has 2 saturated heterocycles. The van der Waals surface area contributed by atoms with Crippen molar-refractivity contribution in [1.29, 1.82) is 0 Å². The number of rotatable bonds is 16. The summed E-state index contributed by atoms with van der Waals surface area (Å²) in [4.78, 5) is 60.8. The molecule has 342 valence electrons. The molecule has 66 heavy (non-hydrogen) atoms. The van der Waals surface area contributed by atoms with Gasteiger partial charge in [0.25, 0.3) is 11.8 Å². The van der Waals surface area contributed by atoms with Crippen LogP contribution in [0, 0.1) is 5.92 Å². The largest absolute Gasteiger partial charge is 0.506 e. The first-order chi connectivity index (χ1) is 32.0. The van der Waals surface area contributed by atoms with E-state index in [1.165, 1.54) is 17.7 Å². The van der Waals surface area contributed by atoms with Crippen LogP contribution in [0.15, 0.2) is 138 Å². The molecule has 0 unspecified atom stereocenters. The summed E-state index contributed by atoms with van der Waals surface area (Å²) in [6.07, 6.45) is 0.858. The van der Waals surface area contributed by atoms with Crippen molar-refractivity contribution >= 4 is 28.7 Å². The fourth-order valence-corrected chi connectivity index (χ4v) is 8.70. The maximum absolute atomic E-state index is 13.9. The SMILES string of the molecule is O=C(COc1cccc([C@](O)(C(=O)OCC2CCN(Cc3ccccc3)CC2)c2ccccc2)c1)N1CCN(C(=O)c2ccc(CNC[C@H](O)c3ccc(O)c4[nH]c(=O)ccc34)cc2)CC1. The number of likely N-dealkylation sites (tertiary alicyclic amines) is 1. The number of piperazine rings is 1. The number of hydrogen-bond acceptors (Lipinski definition) is 11. The van der Waals surface area contributed by atoms with Gasteiger partial charge in [-0.25, -0.2) is 4.79 Å². The van der Waals surface area contributed by atoms with Gasteiger partial charge in [-0.05, 0) is 90.5 Å². The minimum atomic E-state index is -2.11. The number of amides is 2. The predicted octanol–water partition coefficient (Wildman–Crippen LogP) is 5.11. The predicted molar refractivity (Wildman–Crippen MR) is 249 cm³/mol. The summed E-state index contributed by atoms with van der Waals surface area (Å²) in [5, 5.41) is 37.0. The summed E-state index contributed by atoms with van der Waals surface area (Å²) >= 11 is 0. The Labute approximate surface area is 383 Å². The molecular weight excluding hydrogens is 839 g/mol. The van der Waals surface area contributed by atoms with Gasteiger partial charge in [0.1, 0.15) is 11.5 Å². The number of phenolic OH excluding ortho intramolecular Hbond substituents is 1. The molecule has 0 radical (unpaired) electrons. The van der Waals surface area contributed by atoms with E-state index in [-0.39, 0.29) is 59.9 Å². The monoisotopic (exact) mass is 893 g/mol. The summed E-state index contributed by atoms with van der Waals surface area (Å²) in [5.41, 5.74) is 1.69. The van der Waals surface area contributed by atoms with Crippen LogP contribution in [0.25, 0.3) is 10.9 Å². The Morgan fingerprint density at radius 1 is 0.758 bits per heavy atom. The second kappa shape index (κ2) is 21.0. The Bertz CT molecular complexity index is 2660. The lowest BCUT2D eigenvalue weighted by Crippen LogP contribution is -2.51. The lowest BCUT2D eigenvalue weighted by molar-refractivity contribution is -0.164. The number of carbonyl (C=O) groups excluding carboxylic acids is 3. The van der Waals surface area contributed by atoms with Crippen LogP contribution in [-0.2, 0) is 33.0 Å². The number of hydrogen-bond donors (Lipinski definition) is 5. The third kappa shape index (κ3) is 10.8. The van der Waals surface area contributed by atoms with Crippen molar-refractivity contribution in [3.8, 4) is 11.5 Å². The molecule has 6 aromatic rings. The van der Waals surface area contributed by atoms with Crippen molar-refractivity contribution in [2.75, 3.05) is 59.0 Å². The number of pyridine rings is 1. The standard InChI is InChI=1S/C52H55N5O9/c58-45-20-18-43(44-19-21-47(60)54-49(44)45)46(59)32-53-31-36-14-16-39(17-15-36)50(62)57-28-26-56(27-29-57)48(61)35-65-42-13-7-12-41(30-42)52(64,40-10-5-2-6-11-40)51(63)66-34-38-22-24-55(25-23-38)33-37-8-3-1-4-9-37/h1-21,30,38,46,53,58-59,64H,22-29,31-35H2,(H,54,60)/t46-,52-/m0/s1. The van der Waals surface area contributed by atoms with E-state index in [1.807, 2.05) is 36.4 Å². The molecule has 2 aliphatic rings. The second-order valence-electron chi connectivity index (χ2n) is 17.0. The third-order valence-corrected chi connectivity index (χ3v) is 12.6. The average molecular weight is 894 g/mol. The molecule has 2 amide bonds. The molecular formula is C52H55N5O9. The lowest BCUT2D eigenvalue weighted by atomic mass is 9.86. The molecule has 2 fully saturated rings. The maximum Gasteiger partial charge on any atom is 0.347 e. The molecule has 14 nitrogen and oxygen atoms in total. The minimum absolute atomic E-state index is 0.0742. The van der Waals surface area contributed by atoms with E-state index in [9.17, 15) is 34.5 Å². The van der Waals surface area contributed by atoms with Crippen LogP contribution in [0.4, 0.5) is 0 Å². The van der Waals surface area contributed by atoms with Gasteiger partial charge in [-0.3, -0.25) is 19.3 Å². The van der Waals surface area contributed by atoms with E-state index in [2.05, 4.69) is 27.3 Å². The minimum Gasteiger partial charge on any atom is -0.506 e. The number of H-pyrrole nitrogens is 1. The molecule has 5 N–H and O–H groups in total. The van der Waals surface area contributed by atoms with Crippen molar-refractivity contribution in [2.24, 2.45) is 5.92 Å². The van der Waals surface area contributed by atoms with E-state index in [1.54, 1.807) is 82.6 Å². The van der Waals surface area contributed by atoms with Crippen molar-refractivity contribution in [3.63, 3.8) is 0 Å². The third-order valence-electron chi connectivity index (χ3n) is 12.6. The van der Waals surface area contributed by atoms with Crippen LogP contribution >= 0.6 is 0 Å². The number of aromatic hydroxyl groups is 1. The van der Waals surface area contributed by atoms with E-state index < -0.39 is 17.7 Å². The number of aromatic amines is 1. The van der Waals surface area contributed by atoms with Crippen LogP contribution in [0.1, 0.15) is 57.1 Å². The first-order valence-electron chi connectivity index (χ1n) is 22.4. The van der Waals surface area contributed by atoms with Crippen LogP contribution in [0.5, 0.6) is 11.5 Å². The quantitative estimate of drug-likeness (QED) is 0.0814. The number of aliphatic hydroxyl groups excluding tert-OH is 1. The molecule has 3 heterocycles. The summed E-state index contributed by atoms with van der Waals surface area (Å²) in [6, 6.07) is 38.8. The highest BCUT2D eigenvalue weighted by Gasteiger charge is 2.42. The van der Waals surface area contributed by atoms with Gasteiger partial charge < -0.3 is 44.9 Å². The number of aliphatic hydroxyl groups is 2. The zero-order valence-corrected chi connectivity index (χ0v) is 36.7. The molecule has 0 bridgehead atoms. The highest BCUT2D eigenvalue weighted by molar-refractivity contribution is 5.94. The summed E-state index contributed by atoms with van der Waals surface area (Å²) in [5.74, 6) is -0.763. The van der Waals surface area contributed by atoms with Crippen LogP contribution in [0.2, 0.25) is 0 Å². The number of esters is 1. The molecule has 0 saturated carbocycles. The first kappa shape index (κ1) is 45.7. The smallest absolute Gasteiger partial charge is 0.347 e. The van der Waals surface area contributed by atoms with Gasteiger partial charge in [-0.2, -0.15) is 0 Å².